The Kier molecular flexibility index (Phi) is 3.56. The number of anilines is 1. The predicted molar refractivity (Wildman–Crippen MR) is 84.7 cm³/mol. The molecule has 0 amide bonds. The molecule has 3 aromatic rings. The lowest BCUT2D eigenvalue weighted by Crippen LogP contribution is -2.06. The Morgan fingerprint density at radius 2 is 2.00 bits per heavy atom. The SMILES string of the molecule is COc1cccc(NC(C)c2nc3ccccc3s2)c1. The van der Waals surface area contributed by atoms with E-state index >= 15 is 0 Å². The number of ether oxygens (including phenoxy) is 1. The van der Waals surface area contributed by atoms with Gasteiger partial charge < -0.3 is 10.1 Å². The topological polar surface area (TPSA) is 34.1 Å². The molecule has 0 saturated heterocycles. The first-order chi connectivity index (χ1) is 9.76. The summed E-state index contributed by atoms with van der Waals surface area (Å²) in [6.07, 6.45) is 0. The summed E-state index contributed by atoms with van der Waals surface area (Å²) < 4.78 is 6.46. The molecule has 0 aliphatic carbocycles. The maximum atomic E-state index is 5.24. The molecule has 1 unspecified atom stereocenters. The normalized spacial score (nSPS) is 12.3. The fourth-order valence-electron chi connectivity index (χ4n) is 2.10. The molecule has 0 aliphatic heterocycles. The van der Waals surface area contributed by atoms with Gasteiger partial charge in [0, 0.05) is 11.8 Å². The quantitative estimate of drug-likeness (QED) is 0.767. The second-order valence-electron chi connectivity index (χ2n) is 4.62. The van der Waals surface area contributed by atoms with Crippen molar-refractivity contribution < 1.29 is 4.74 Å². The minimum absolute atomic E-state index is 0.166. The van der Waals surface area contributed by atoms with Crippen LogP contribution in [0.15, 0.2) is 48.5 Å². The van der Waals surface area contributed by atoms with E-state index in [1.807, 2.05) is 42.5 Å². The highest BCUT2D eigenvalue weighted by Gasteiger charge is 2.11. The molecule has 0 spiro atoms. The molecule has 20 heavy (non-hydrogen) atoms. The van der Waals surface area contributed by atoms with Crippen molar-refractivity contribution in [2.45, 2.75) is 13.0 Å². The third-order valence-corrected chi connectivity index (χ3v) is 4.35. The van der Waals surface area contributed by atoms with Gasteiger partial charge in [0.2, 0.25) is 0 Å². The molecule has 1 N–H and O–H groups in total. The van der Waals surface area contributed by atoms with Crippen LogP contribution in [0.25, 0.3) is 10.2 Å². The van der Waals surface area contributed by atoms with Gasteiger partial charge in [0.1, 0.15) is 10.8 Å². The summed E-state index contributed by atoms with van der Waals surface area (Å²) in [5.41, 5.74) is 2.10. The van der Waals surface area contributed by atoms with Gasteiger partial charge in [-0.05, 0) is 31.2 Å². The van der Waals surface area contributed by atoms with Gasteiger partial charge in [0.15, 0.2) is 0 Å². The summed E-state index contributed by atoms with van der Waals surface area (Å²) in [5.74, 6) is 0.853. The minimum Gasteiger partial charge on any atom is -0.497 e. The third kappa shape index (κ3) is 2.60. The van der Waals surface area contributed by atoms with Crippen molar-refractivity contribution in [1.82, 2.24) is 4.98 Å². The van der Waals surface area contributed by atoms with Crippen molar-refractivity contribution in [2.75, 3.05) is 12.4 Å². The summed E-state index contributed by atoms with van der Waals surface area (Å²) in [6, 6.07) is 16.3. The van der Waals surface area contributed by atoms with Gasteiger partial charge in [-0.2, -0.15) is 0 Å². The van der Waals surface area contributed by atoms with Crippen LogP contribution in [0.5, 0.6) is 5.75 Å². The molecule has 1 heterocycles. The van der Waals surface area contributed by atoms with Gasteiger partial charge in [-0.3, -0.25) is 0 Å². The Hall–Kier alpha value is -2.07. The molecule has 0 bridgehead atoms. The Bertz CT molecular complexity index is 690. The van der Waals surface area contributed by atoms with E-state index in [1.54, 1.807) is 18.4 Å². The van der Waals surface area contributed by atoms with E-state index in [9.17, 15) is 0 Å². The number of nitrogens with one attached hydrogen (secondary N) is 1. The number of thiazole rings is 1. The van der Waals surface area contributed by atoms with Crippen molar-refractivity contribution in [3.8, 4) is 5.75 Å². The highest BCUT2D eigenvalue weighted by molar-refractivity contribution is 7.18. The van der Waals surface area contributed by atoms with Crippen LogP contribution < -0.4 is 10.1 Å². The lowest BCUT2D eigenvalue weighted by Gasteiger charge is -2.13. The number of hydrogen-bond acceptors (Lipinski definition) is 4. The number of hydrogen-bond donors (Lipinski definition) is 1. The van der Waals surface area contributed by atoms with E-state index < -0.39 is 0 Å². The van der Waals surface area contributed by atoms with Crippen LogP contribution in [0.2, 0.25) is 0 Å². The Morgan fingerprint density at radius 1 is 1.15 bits per heavy atom. The van der Waals surface area contributed by atoms with E-state index in [4.69, 9.17) is 4.74 Å². The molecule has 1 aromatic heterocycles. The van der Waals surface area contributed by atoms with E-state index in [0.29, 0.717) is 0 Å². The molecule has 2 aromatic carbocycles. The summed E-state index contributed by atoms with van der Waals surface area (Å²) in [5, 5.41) is 4.55. The largest absolute Gasteiger partial charge is 0.497 e. The molecular weight excluding hydrogens is 268 g/mol. The number of nitrogens with zero attached hydrogens (tertiary/aromatic N) is 1. The number of aromatic nitrogens is 1. The van der Waals surface area contributed by atoms with Gasteiger partial charge in [0.05, 0.1) is 23.4 Å². The van der Waals surface area contributed by atoms with Gasteiger partial charge in [-0.25, -0.2) is 4.98 Å². The summed E-state index contributed by atoms with van der Waals surface area (Å²) in [6.45, 7) is 2.12. The van der Waals surface area contributed by atoms with Crippen LogP contribution in [0.4, 0.5) is 5.69 Å². The van der Waals surface area contributed by atoms with Crippen LogP contribution in [0, 0.1) is 0 Å². The fourth-order valence-corrected chi connectivity index (χ4v) is 3.07. The molecule has 3 rings (SSSR count). The number of methoxy groups -OCH3 is 1. The molecule has 3 nitrogen and oxygen atoms in total. The van der Waals surface area contributed by atoms with Crippen molar-refractivity contribution in [3.05, 3.63) is 53.5 Å². The Morgan fingerprint density at radius 3 is 2.80 bits per heavy atom. The van der Waals surface area contributed by atoms with Crippen LogP contribution in [-0.2, 0) is 0 Å². The highest BCUT2D eigenvalue weighted by atomic mass is 32.1. The van der Waals surface area contributed by atoms with Gasteiger partial charge in [0.25, 0.3) is 0 Å². The number of rotatable bonds is 4. The third-order valence-electron chi connectivity index (χ3n) is 3.13. The summed E-state index contributed by atoms with van der Waals surface area (Å²) >= 11 is 1.73. The number of para-hydroxylation sites is 1. The Labute approximate surface area is 122 Å². The van der Waals surface area contributed by atoms with Crippen molar-refractivity contribution in [2.24, 2.45) is 0 Å². The van der Waals surface area contributed by atoms with Crippen LogP contribution in [0.3, 0.4) is 0 Å². The zero-order valence-electron chi connectivity index (χ0n) is 11.5. The first-order valence-electron chi connectivity index (χ1n) is 6.52. The first kappa shape index (κ1) is 12.9. The maximum absolute atomic E-state index is 5.24. The standard InChI is InChI=1S/C16H16N2OS/c1-11(17-12-6-5-7-13(10-12)19-2)16-18-14-8-3-4-9-15(14)20-16/h3-11,17H,1-2H3. The smallest absolute Gasteiger partial charge is 0.120 e. The van der Waals surface area contributed by atoms with Crippen LogP contribution in [-0.4, -0.2) is 12.1 Å². The second kappa shape index (κ2) is 5.51. The lowest BCUT2D eigenvalue weighted by atomic mass is 10.2. The molecule has 0 fully saturated rings. The number of benzene rings is 2. The molecule has 0 radical (unpaired) electrons. The monoisotopic (exact) mass is 284 g/mol. The summed E-state index contributed by atoms with van der Waals surface area (Å²) in [7, 11) is 1.68. The second-order valence-corrected chi connectivity index (χ2v) is 5.68. The van der Waals surface area contributed by atoms with Crippen molar-refractivity contribution in [3.63, 3.8) is 0 Å². The van der Waals surface area contributed by atoms with Gasteiger partial charge in [-0.15, -0.1) is 11.3 Å². The molecule has 0 aliphatic rings. The zero-order chi connectivity index (χ0) is 13.9. The van der Waals surface area contributed by atoms with Crippen LogP contribution >= 0.6 is 11.3 Å². The van der Waals surface area contributed by atoms with Crippen molar-refractivity contribution >= 4 is 27.2 Å². The van der Waals surface area contributed by atoms with Gasteiger partial charge in [-0.1, -0.05) is 18.2 Å². The molecule has 0 saturated carbocycles. The first-order valence-corrected chi connectivity index (χ1v) is 7.34. The van der Waals surface area contributed by atoms with E-state index in [2.05, 4.69) is 23.3 Å². The van der Waals surface area contributed by atoms with Gasteiger partial charge >= 0.3 is 0 Å². The minimum atomic E-state index is 0.166. The Balaban J connectivity index is 1.82. The molecular formula is C16H16N2OS. The van der Waals surface area contributed by atoms with E-state index in [1.165, 1.54) is 4.70 Å². The van der Waals surface area contributed by atoms with Crippen LogP contribution in [0.1, 0.15) is 18.0 Å². The molecule has 102 valence electrons. The lowest BCUT2D eigenvalue weighted by molar-refractivity contribution is 0.415. The zero-order valence-corrected chi connectivity index (χ0v) is 12.3. The van der Waals surface area contributed by atoms with E-state index in [-0.39, 0.29) is 6.04 Å². The van der Waals surface area contributed by atoms with E-state index in [0.717, 1.165) is 22.0 Å². The highest BCUT2D eigenvalue weighted by Crippen LogP contribution is 2.29. The predicted octanol–water partition coefficient (Wildman–Crippen LogP) is 4.48. The fraction of sp³-hybridized carbons (Fsp3) is 0.188. The molecule has 1 atom stereocenters. The average Bonchev–Trinajstić information content (AvgIpc) is 2.91. The number of fused-ring (bicyclic) bond motifs is 1. The van der Waals surface area contributed by atoms with Crippen molar-refractivity contribution in [1.29, 1.82) is 0 Å². The summed E-state index contributed by atoms with van der Waals surface area (Å²) in [4.78, 5) is 4.68. The maximum Gasteiger partial charge on any atom is 0.120 e. The molecule has 4 heteroatoms. The average molecular weight is 284 g/mol.